The lowest BCUT2D eigenvalue weighted by atomic mass is 10.1. The second kappa shape index (κ2) is 3.08. The summed E-state index contributed by atoms with van der Waals surface area (Å²) in [6.07, 6.45) is 0.0634. The minimum Gasteiger partial charge on any atom is -0.399 e. The second-order valence-corrected chi connectivity index (χ2v) is 2.64. The maximum Gasteiger partial charge on any atom is 0.111 e. The Kier molecular flexibility index (Phi) is 1.92. The molecule has 0 amide bonds. The first-order valence-corrected chi connectivity index (χ1v) is 3.73. The third kappa shape index (κ3) is 1.39. The molecule has 1 fully saturated rings. The van der Waals surface area contributed by atoms with E-state index in [4.69, 9.17) is 5.73 Å². The first kappa shape index (κ1) is 7.51. The summed E-state index contributed by atoms with van der Waals surface area (Å²) < 4.78 is 0. The average Bonchev–Trinajstić information content (AvgIpc) is 2.56. The molecule has 1 heterocycles. The molecule has 1 aliphatic rings. The molecular weight excluding hydrogens is 154 g/mol. The zero-order valence-electron chi connectivity index (χ0n) is 6.46. The van der Waals surface area contributed by atoms with Crippen molar-refractivity contribution in [2.75, 3.05) is 5.73 Å². The molecule has 6 N–H and O–H groups in total. The fourth-order valence-electron chi connectivity index (χ4n) is 1.16. The van der Waals surface area contributed by atoms with Crippen LogP contribution in [0.4, 0.5) is 5.69 Å². The number of nitrogen functional groups attached to an aromatic ring is 1. The van der Waals surface area contributed by atoms with Gasteiger partial charge in [0.1, 0.15) is 6.17 Å². The van der Waals surface area contributed by atoms with Crippen LogP contribution in [0.1, 0.15) is 11.7 Å². The van der Waals surface area contributed by atoms with Crippen LogP contribution < -0.4 is 27.7 Å². The van der Waals surface area contributed by atoms with E-state index >= 15 is 0 Å². The quantitative estimate of drug-likeness (QED) is 0.359. The smallest absolute Gasteiger partial charge is 0.111 e. The van der Waals surface area contributed by atoms with Crippen LogP contribution in [0, 0.1) is 0 Å². The largest absolute Gasteiger partial charge is 0.399 e. The number of nitrogens with one attached hydrogen (secondary N) is 4. The maximum absolute atomic E-state index is 5.63. The third-order valence-electron chi connectivity index (χ3n) is 1.74. The highest BCUT2D eigenvalue weighted by Crippen LogP contribution is 2.13. The summed E-state index contributed by atoms with van der Waals surface area (Å²) in [7, 11) is 0. The SMILES string of the molecule is Nc1cccc(C2NNNN2)c1. The Labute approximate surface area is 70.2 Å². The van der Waals surface area contributed by atoms with Crippen LogP contribution in [0.25, 0.3) is 0 Å². The number of hydrazine groups is 3. The molecule has 5 heteroatoms. The van der Waals surface area contributed by atoms with Crippen molar-refractivity contribution in [2.45, 2.75) is 6.17 Å². The van der Waals surface area contributed by atoms with E-state index < -0.39 is 0 Å². The van der Waals surface area contributed by atoms with Gasteiger partial charge in [-0.3, -0.25) is 0 Å². The van der Waals surface area contributed by atoms with Crippen LogP contribution in [0.15, 0.2) is 24.3 Å². The fraction of sp³-hybridized carbons (Fsp3) is 0.143. The van der Waals surface area contributed by atoms with Crippen LogP contribution in [-0.4, -0.2) is 0 Å². The van der Waals surface area contributed by atoms with Crippen molar-refractivity contribution in [3.8, 4) is 0 Å². The highest BCUT2D eigenvalue weighted by Gasteiger charge is 2.13. The summed E-state index contributed by atoms with van der Waals surface area (Å²) in [5, 5.41) is 0. The van der Waals surface area contributed by atoms with Crippen molar-refractivity contribution in [3.63, 3.8) is 0 Å². The predicted octanol–water partition coefficient (Wildman–Crippen LogP) is -0.616. The van der Waals surface area contributed by atoms with Gasteiger partial charge in [0.15, 0.2) is 0 Å². The van der Waals surface area contributed by atoms with Crippen LogP contribution in [0.5, 0.6) is 0 Å². The van der Waals surface area contributed by atoms with Gasteiger partial charge < -0.3 is 5.73 Å². The summed E-state index contributed by atoms with van der Waals surface area (Å²) in [5.41, 5.74) is 18.9. The minimum absolute atomic E-state index is 0.0634. The Bertz CT molecular complexity index is 268. The first-order chi connectivity index (χ1) is 5.86. The van der Waals surface area contributed by atoms with Gasteiger partial charge in [0.05, 0.1) is 0 Å². The molecule has 5 nitrogen and oxygen atoms in total. The van der Waals surface area contributed by atoms with Crippen LogP contribution in [0.3, 0.4) is 0 Å². The third-order valence-corrected chi connectivity index (χ3v) is 1.74. The second-order valence-electron chi connectivity index (χ2n) is 2.64. The highest BCUT2D eigenvalue weighted by molar-refractivity contribution is 5.41. The van der Waals surface area contributed by atoms with E-state index in [1.807, 2.05) is 24.3 Å². The number of hydrogen-bond acceptors (Lipinski definition) is 5. The lowest BCUT2D eigenvalue weighted by Crippen LogP contribution is -2.33. The summed E-state index contributed by atoms with van der Waals surface area (Å²) >= 11 is 0. The van der Waals surface area contributed by atoms with Crippen LogP contribution in [-0.2, 0) is 0 Å². The van der Waals surface area contributed by atoms with Gasteiger partial charge in [-0.05, 0) is 17.7 Å². The van der Waals surface area contributed by atoms with Gasteiger partial charge >= 0.3 is 0 Å². The molecule has 64 valence electrons. The molecule has 0 spiro atoms. The molecule has 0 unspecified atom stereocenters. The molecule has 0 atom stereocenters. The van der Waals surface area contributed by atoms with Gasteiger partial charge in [0, 0.05) is 5.69 Å². The topological polar surface area (TPSA) is 74.1 Å². The fourth-order valence-corrected chi connectivity index (χ4v) is 1.16. The van der Waals surface area contributed by atoms with E-state index in [1.165, 1.54) is 0 Å². The molecular formula is C7H11N5. The molecule has 1 aromatic carbocycles. The van der Waals surface area contributed by atoms with E-state index in [-0.39, 0.29) is 6.17 Å². The van der Waals surface area contributed by atoms with E-state index in [2.05, 4.69) is 21.9 Å². The number of hydrogen-bond donors (Lipinski definition) is 5. The zero-order chi connectivity index (χ0) is 8.39. The Morgan fingerprint density at radius 2 is 1.92 bits per heavy atom. The van der Waals surface area contributed by atoms with Gasteiger partial charge in [-0.15, -0.1) is 0 Å². The number of anilines is 1. The molecule has 1 aromatic rings. The molecule has 0 saturated carbocycles. The van der Waals surface area contributed by atoms with Crippen molar-refractivity contribution in [2.24, 2.45) is 0 Å². The standard InChI is InChI=1S/C7H11N5/c8-6-3-1-2-5(4-6)7-9-11-12-10-7/h1-4,7,9-12H,8H2. The van der Waals surface area contributed by atoms with Crippen molar-refractivity contribution < 1.29 is 0 Å². The Morgan fingerprint density at radius 1 is 1.17 bits per heavy atom. The first-order valence-electron chi connectivity index (χ1n) is 3.73. The lowest BCUT2D eigenvalue weighted by molar-refractivity contribution is 0.555. The van der Waals surface area contributed by atoms with Crippen molar-refractivity contribution in [3.05, 3.63) is 29.8 Å². The van der Waals surface area contributed by atoms with E-state index in [0.29, 0.717) is 0 Å². The average molecular weight is 165 g/mol. The van der Waals surface area contributed by atoms with E-state index in [9.17, 15) is 0 Å². The van der Waals surface area contributed by atoms with Crippen molar-refractivity contribution >= 4 is 5.69 Å². The molecule has 0 bridgehead atoms. The number of rotatable bonds is 1. The van der Waals surface area contributed by atoms with Crippen LogP contribution >= 0.6 is 0 Å². The molecule has 0 radical (unpaired) electrons. The summed E-state index contributed by atoms with van der Waals surface area (Å²) in [6.45, 7) is 0. The lowest BCUT2D eigenvalue weighted by Gasteiger charge is -2.08. The normalized spacial score (nSPS) is 18.3. The van der Waals surface area contributed by atoms with Crippen molar-refractivity contribution in [1.29, 1.82) is 0 Å². The monoisotopic (exact) mass is 165 g/mol. The molecule has 12 heavy (non-hydrogen) atoms. The summed E-state index contributed by atoms with van der Waals surface area (Å²) in [6, 6.07) is 7.70. The molecule has 1 saturated heterocycles. The van der Waals surface area contributed by atoms with Gasteiger partial charge in [-0.25, -0.2) is 10.9 Å². The summed E-state index contributed by atoms with van der Waals surface area (Å²) in [4.78, 5) is 0. The van der Waals surface area contributed by atoms with Gasteiger partial charge in [-0.2, -0.15) is 11.1 Å². The highest BCUT2D eigenvalue weighted by atomic mass is 15.8. The van der Waals surface area contributed by atoms with Gasteiger partial charge in [0.25, 0.3) is 0 Å². The molecule has 0 aliphatic carbocycles. The summed E-state index contributed by atoms with van der Waals surface area (Å²) in [5.74, 6) is 0. The number of benzene rings is 1. The van der Waals surface area contributed by atoms with Gasteiger partial charge in [-0.1, -0.05) is 12.1 Å². The Hall–Kier alpha value is -1.14. The minimum atomic E-state index is 0.0634. The van der Waals surface area contributed by atoms with E-state index in [0.717, 1.165) is 11.3 Å². The molecule has 2 rings (SSSR count). The van der Waals surface area contributed by atoms with E-state index in [1.54, 1.807) is 0 Å². The van der Waals surface area contributed by atoms with Crippen molar-refractivity contribution in [1.82, 2.24) is 21.9 Å². The van der Waals surface area contributed by atoms with Gasteiger partial charge in [0.2, 0.25) is 0 Å². The zero-order valence-corrected chi connectivity index (χ0v) is 6.46. The molecule has 1 aliphatic heterocycles. The van der Waals surface area contributed by atoms with Crippen LogP contribution in [0.2, 0.25) is 0 Å². The Morgan fingerprint density at radius 3 is 2.58 bits per heavy atom. The number of nitrogens with two attached hydrogens (primary N) is 1. The predicted molar refractivity (Wildman–Crippen MR) is 46.1 cm³/mol. The maximum atomic E-state index is 5.63. The molecule has 0 aromatic heterocycles. The Balaban J connectivity index is 2.21.